The van der Waals surface area contributed by atoms with E-state index in [1.54, 1.807) is 5.56 Å². The molecule has 1 fully saturated rings. The third-order valence-corrected chi connectivity index (χ3v) is 4.73. The van der Waals surface area contributed by atoms with Crippen molar-refractivity contribution in [3.05, 3.63) is 35.5 Å². The van der Waals surface area contributed by atoms with E-state index in [1.807, 2.05) is 0 Å². The molecule has 0 saturated carbocycles. The van der Waals surface area contributed by atoms with Crippen LogP contribution in [-0.4, -0.2) is 22.5 Å². The first kappa shape index (κ1) is 10.6. The lowest BCUT2D eigenvalue weighted by Gasteiger charge is -2.34. The normalized spacial score (nSPS) is 26.7. The first-order chi connectivity index (χ1) is 8.88. The zero-order valence-corrected chi connectivity index (χ0v) is 10.9. The van der Waals surface area contributed by atoms with E-state index in [4.69, 9.17) is 0 Å². The highest BCUT2D eigenvalue weighted by Gasteiger charge is 2.40. The molecule has 2 aromatic rings. The molecule has 1 aromatic heterocycles. The molecule has 0 radical (unpaired) electrons. The highest BCUT2D eigenvalue weighted by molar-refractivity contribution is 5.85. The summed E-state index contributed by atoms with van der Waals surface area (Å²) in [6.07, 6.45) is 5.21. The second kappa shape index (κ2) is 3.86. The average molecular weight is 240 g/mol. The van der Waals surface area contributed by atoms with Crippen molar-refractivity contribution in [3.8, 4) is 0 Å². The van der Waals surface area contributed by atoms with Gasteiger partial charge in [0.2, 0.25) is 0 Å². The molecular weight excluding hydrogens is 220 g/mol. The summed E-state index contributed by atoms with van der Waals surface area (Å²) in [7, 11) is 0. The number of para-hydroxylation sites is 1. The van der Waals surface area contributed by atoms with Crippen molar-refractivity contribution in [2.24, 2.45) is 0 Å². The highest BCUT2D eigenvalue weighted by Crippen LogP contribution is 2.46. The fraction of sp³-hybridized carbons (Fsp3) is 0.500. The smallest absolute Gasteiger partial charge is 0.0459 e. The van der Waals surface area contributed by atoms with Crippen LogP contribution in [0.2, 0.25) is 0 Å². The van der Waals surface area contributed by atoms with Crippen LogP contribution in [0.3, 0.4) is 0 Å². The first-order valence-electron chi connectivity index (χ1n) is 7.23. The summed E-state index contributed by atoms with van der Waals surface area (Å²) >= 11 is 0. The number of aromatic nitrogens is 1. The van der Waals surface area contributed by atoms with E-state index in [9.17, 15) is 0 Å². The second-order valence-corrected chi connectivity index (χ2v) is 5.75. The minimum Gasteiger partial charge on any atom is -0.358 e. The molecule has 1 aromatic carbocycles. The lowest BCUT2D eigenvalue weighted by molar-refractivity contribution is 0.178. The Hall–Kier alpha value is -1.28. The quantitative estimate of drug-likeness (QED) is 0.849. The van der Waals surface area contributed by atoms with Crippen LogP contribution in [-0.2, 0) is 6.42 Å². The molecule has 0 spiro atoms. The van der Waals surface area contributed by atoms with Crippen LogP contribution in [0, 0.1) is 0 Å². The summed E-state index contributed by atoms with van der Waals surface area (Å²) in [5.41, 5.74) is 4.44. The average Bonchev–Trinajstić information content (AvgIpc) is 2.88. The monoisotopic (exact) mass is 240 g/mol. The Morgan fingerprint density at radius 1 is 1.28 bits per heavy atom. The van der Waals surface area contributed by atoms with E-state index in [0.29, 0.717) is 6.04 Å². The van der Waals surface area contributed by atoms with Crippen LogP contribution in [0.1, 0.15) is 43.5 Å². The largest absolute Gasteiger partial charge is 0.358 e. The Bertz CT molecular complexity index is 584. The van der Waals surface area contributed by atoms with E-state index in [1.165, 1.54) is 48.8 Å². The van der Waals surface area contributed by atoms with E-state index in [-0.39, 0.29) is 0 Å². The van der Waals surface area contributed by atoms with E-state index in [2.05, 4.69) is 41.1 Å². The van der Waals surface area contributed by atoms with Gasteiger partial charge in [-0.05, 0) is 37.4 Å². The number of H-pyrrole nitrogens is 1. The van der Waals surface area contributed by atoms with Gasteiger partial charge in [-0.2, -0.15) is 0 Å². The molecular formula is C16H20N2. The van der Waals surface area contributed by atoms with Crippen LogP contribution in [0.5, 0.6) is 0 Å². The van der Waals surface area contributed by atoms with Gasteiger partial charge in [0.1, 0.15) is 0 Å². The maximum atomic E-state index is 3.65. The Morgan fingerprint density at radius 3 is 3.06 bits per heavy atom. The Labute approximate surface area is 108 Å². The zero-order valence-electron chi connectivity index (χ0n) is 10.9. The van der Waals surface area contributed by atoms with E-state index >= 15 is 0 Å². The third kappa shape index (κ3) is 1.33. The Morgan fingerprint density at radius 2 is 2.17 bits per heavy atom. The minimum absolute atomic E-state index is 0.676. The molecule has 0 amide bonds. The van der Waals surface area contributed by atoms with Crippen LogP contribution < -0.4 is 0 Å². The molecule has 0 unspecified atom stereocenters. The number of benzene rings is 1. The molecule has 0 aliphatic carbocycles. The van der Waals surface area contributed by atoms with Gasteiger partial charge < -0.3 is 4.98 Å². The van der Waals surface area contributed by atoms with Gasteiger partial charge in [-0.15, -0.1) is 0 Å². The van der Waals surface area contributed by atoms with Crippen molar-refractivity contribution < 1.29 is 0 Å². The fourth-order valence-corrected chi connectivity index (χ4v) is 4.06. The van der Waals surface area contributed by atoms with Gasteiger partial charge in [-0.3, -0.25) is 4.90 Å². The highest BCUT2D eigenvalue weighted by atomic mass is 15.2. The molecule has 2 heteroatoms. The summed E-state index contributed by atoms with van der Waals surface area (Å²) < 4.78 is 0. The SMILES string of the molecule is CCCN1[C@H]2CC[C@@H]1c1c([nH]c3ccccc13)C2. The topological polar surface area (TPSA) is 19.0 Å². The summed E-state index contributed by atoms with van der Waals surface area (Å²) in [4.78, 5) is 6.41. The van der Waals surface area contributed by atoms with Crippen molar-refractivity contribution in [3.63, 3.8) is 0 Å². The third-order valence-electron chi connectivity index (χ3n) is 4.73. The lowest BCUT2D eigenvalue weighted by Crippen LogP contribution is -2.37. The molecule has 1 saturated heterocycles. The van der Waals surface area contributed by atoms with Crippen LogP contribution in [0.25, 0.3) is 10.9 Å². The molecule has 4 rings (SSSR count). The molecule has 2 nitrogen and oxygen atoms in total. The van der Waals surface area contributed by atoms with Gasteiger partial charge in [0.05, 0.1) is 0 Å². The molecule has 3 heterocycles. The summed E-state index contributed by atoms with van der Waals surface area (Å²) in [6, 6.07) is 10.3. The number of nitrogens with one attached hydrogen (secondary N) is 1. The summed E-state index contributed by atoms with van der Waals surface area (Å²) in [6.45, 7) is 3.55. The zero-order chi connectivity index (χ0) is 12.1. The van der Waals surface area contributed by atoms with Crippen molar-refractivity contribution in [2.45, 2.75) is 44.7 Å². The van der Waals surface area contributed by atoms with Gasteiger partial charge >= 0.3 is 0 Å². The number of hydrogen-bond acceptors (Lipinski definition) is 1. The van der Waals surface area contributed by atoms with Gasteiger partial charge in [0, 0.05) is 35.1 Å². The maximum absolute atomic E-state index is 3.65. The predicted octanol–water partition coefficient (Wildman–Crippen LogP) is 3.64. The summed E-state index contributed by atoms with van der Waals surface area (Å²) in [5.74, 6) is 0. The molecule has 2 atom stereocenters. The number of nitrogens with zero attached hydrogens (tertiary/aromatic N) is 1. The van der Waals surface area contributed by atoms with Gasteiger partial charge in [0.15, 0.2) is 0 Å². The Kier molecular flexibility index (Phi) is 2.28. The molecule has 1 N–H and O–H groups in total. The second-order valence-electron chi connectivity index (χ2n) is 5.75. The molecule has 2 bridgehead atoms. The predicted molar refractivity (Wildman–Crippen MR) is 74.8 cm³/mol. The number of fused-ring (bicyclic) bond motifs is 6. The van der Waals surface area contributed by atoms with Crippen LogP contribution >= 0.6 is 0 Å². The van der Waals surface area contributed by atoms with Crippen LogP contribution in [0.4, 0.5) is 0 Å². The lowest BCUT2D eigenvalue weighted by atomic mass is 9.97. The van der Waals surface area contributed by atoms with Crippen molar-refractivity contribution in [2.75, 3.05) is 6.54 Å². The van der Waals surface area contributed by atoms with Crippen molar-refractivity contribution in [1.29, 1.82) is 0 Å². The summed E-state index contributed by atoms with van der Waals surface area (Å²) in [5, 5.41) is 1.46. The standard InChI is InChI=1S/C16H20N2/c1-2-9-18-11-7-8-15(18)16-12-5-3-4-6-13(12)17-14(16)10-11/h3-6,11,15,17H,2,7-10H2,1H3/t11-,15+/m0/s1. The molecule has 2 aliphatic rings. The van der Waals surface area contributed by atoms with Crippen LogP contribution in [0.15, 0.2) is 24.3 Å². The number of aromatic amines is 1. The van der Waals surface area contributed by atoms with Crippen molar-refractivity contribution >= 4 is 10.9 Å². The van der Waals surface area contributed by atoms with Gasteiger partial charge in [-0.1, -0.05) is 25.1 Å². The maximum Gasteiger partial charge on any atom is 0.0459 e. The first-order valence-corrected chi connectivity index (χ1v) is 7.23. The van der Waals surface area contributed by atoms with E-state index < -0.39 is 0 Å². The van der Waals surface area contributed by atoms with Gasteiger partial charge in [-0.25, -0.2) is 0 Å². The minimum atomic E-state index is 0.676. The molecule has 2 aliphatic heterocycles. The fourth-order valence-electron chi connectivity index (χ4n) is 4.06. The number of rotatable bonds is 2. The van der Waals surface area contributed by atoms with Gasteiger partial charge in [0.25, 0.3) is 0 Å². The number of hydrogen-bond donors (Lipinski definition) is 1. The Balaban J connectivity index is 1.88. The van der Waals surface area contributed by atoms with E-state index in [0.717, 1.165) is 6.04 Å². The molecule has 18 heavy (non-hydrogen) atoms. The molecule has 94 valence electrons. The van der Waals surface area contributed by atoms with Crippen molar-refractivity contribution in [1.82, 2.24) is 9.88 Å².